The highest BCUT2D eigenvalue weighted by molar-refractivity contribution is 7.98. The minimum atomic E-state index is -0.224. The molecule has 6 nitrogen and oxygen atoms in total. The number of piperazine rings is 1. The molecule has 0 unspecified atom stereocenters. The zero-order valence-corrected chi connectivity index (χ0v) is 22.8. The number of rotatable bonds is 7. The van der Waals surface area contributed by atoms with Crippen molar-refractivity contribution in [3.63, 3.8) is 0 Å². The van der Waals surface area contributed by atoms with Gasteiger partial charge in [-0.3, -0.25) is 9.36 Å². The maximum absolute atomic E-state index is 14.1. The molecule has 2 heterocycles. The lowest BCUT2D eigenvalue weighted by atomic mass is 10.1. The number of carbonyl (C=O) groups excluding carboxylic acids is 1. The van der Waals surface area contributed by atoms with Gasteiger partial charge in [0.2, 0.25) is 0 Å². The zero-order chi connectivity index (χ0) is 26.6. The van der Waals surface area contributed by atoms with Gasteiger partial charge in [-0.1, -0.05) is 67.6 Å². The smallest absolute Gasteiger partial charge is 0.253 e. The van der Waals surface area contributed by atoms with E-state index in [0.717, 1.165) is 28.0 Å². The minimum Gasteiger partial charge on any atom is -0.366 e. The average Bonchev–Trinajstić information content (AvgIpc) is 3.37. The van der Waals surface area contributed by atoms with E-state index in [9.17, 15) is 9.18 Å². The number of hydrogen-bond acceptors (Lipinski definition) is 5. The van der Waals surface area contributed by atoms with Gasteiger partial charge >= 0.3 is 0 Å². The van der Waals surface area contributed by atoms with Gasteiger partial charge < -0.3 is 9.80 Å². The Bertz CT molecular complexity index is 1390. The molecule has 1 aliphatic rings. The molecular weight excluding hydrogens is 497 g/mol. The zero-order valence-electron chi connectivity index (χ0n) is 22.0. The van der Waals surface area contributed by atoms with Crippen LogP contribution in [0.3, 0.4) is 0 Å². The van der Waals surface area contributed by atoms with Crippen LogP contribution in [0, 0.1) is 12.7 Å². The number of amides is 1. The molecule has 0 radical (unpaired) electrons. The van der Waals surface area contributed by atoms with Gasteiger partial charge in [-0.15, -0.1) is 10.2 Å². The molecule has 1 fully saturated rings. The fourth-order valence-electron chi connectivity index (χ4n) is 4.62. The first-order valence-corrected chi connectivity index (χ1v) is 13.9. The molecule has 0 saturated carbocycles. The molecule has 0 spiro atoms. The van der Waals surface area contributed by atoms with Gasteiger partial charge in [0.25, 0.3) is 5.91 Å². The highest BCUT2D eigenvalue weighted by atomic mass is 32.2. The Morgan fingerprint density at radius 1 is 0.921 bits per heavy atom. The number of nitrogens with zero attached hydrogens (tertiary/aromatic N) is 5. The number of benzene rings is 3. The van der Waals surface area contributed by atoms with Crippen LogP contribution >= 0.6 is 11.8 Å². The number of para-hydroxylation sites is 1. The third kappa shape index (κ3) is 5.60. The molecule has 1 saturated heterocycles. The van der Waals surface area contributed by atoms with Crippen molar-refractivity contribution in [3.05, 3.63) is 101 Å². The minimum absolute atomic E-state index is 0.0121. The van der Waals surface area contributed by atoms with Crippen LogP contribution in [0.5, 0.6) is 0 Å². The Labute approximate surface area is 227 Å². The van der Waals surface area contributed by atoms with Crippen LogP contribution in [0.4, 0.5) is 10.1 Å². The molecule has 0 atom stereocenters. The number of halogens is 1. The van der Waals surface area contributed by atoms with Crippen molar-refractivity contribution in [1.29, 1.82) is 0 Å². The van der Waals surface area contributed by atoms with Crippen LogP contribution in [0.25, 0.3) is 5.69 Å². The Kier molecular flexibility index (Phi) is 7.79. The van der Waals surface area contributed by atoms with E-state index in [2.05, 4.69) is 59.8 Å². The van der Waals surface area contributed by atoms with Crippen molar-refractivity contribution in [2.45, 2.75) is 37.6 Å². The van der Waals surface area contributed by atoms with Gasteiger partial charge in [0.1, 0.15) is 11.6 Å². The monoisotopic (exact) mass is 529 g/mol. The summed E-state index contributed by atoms with van der Waals surface area (Å²) >= 11 is 1.64. The second-order valence-corrected chi connectivity index (χ2v) is 10.8. The normalized spacial score (nSPS) is 13.8. The molecular formula is C30H32FN5OS. The summed E-state index contributed by atoms with van der Waals surface area (Å²) in [6.07, 6.45) is 0. The Hall–Kier alpha value is -3.65. The molecule has 0 N–H and O–H groups in total. The number of carbonyl (C=O) groups is 1. The lowest BCUT2D eigenvalue weighted by molar-refractivity contribution is 0.0746. The lowest BCUT2D eigenvalue weighted by Crippen LogP contribution is -2.49. The molecule has 1 amide bonds. The predicted octanol–water partition coefficient (Wildman–Crippen LogP) is 6.09. The van der Waals surface area contributed by atoms with E-state index in [4.69, 9.17) is 0 Å². The molecule has 1 aliphatic heterocycles. The molecule has 38 heavy (non-hydrogen) atoms. The molecule has 196 valence electrons. The van der Waals surface area contributed by atoms with Crippen LogP contribution in [0.15, 0.2) is 78.0 Å². The van der Waals surface area contributed by atoms with Gasteiger partial charge in [-0.2, -0.15) is 0 Å². The standard InChI is InChI=1S/C30H32FN5OS/c1-21(2)28-32-33-30(36(28)25-14-8-22(3)9-15-25)38-20-23-10-12-24(13-11-23)29(37)35-18-16-34(17-19-35)27-7-5-4-6-26(27)31/h4-15,21H,16-20H2,1-3H3. The van der Waals surface area contributed by atoms with Crippen LogP contribution in [0.2, 0.25) is 0 Å². The number of anilines is 1. The quantitative estimate of drug-likeness (QED) is 0.271. The van der Waals surface area contributed by atoms with Crippen molar-refractivity contribution >= 4 is 23.4 Å². The van der Waals surface area contributed by atoms with E-state index < -0.39 is 0 Å². The van der Waals surface area contributed by atoms with E-state index in [0.29, 0.717) is 37.4 Å². The highest BCUT2D eigenvalue weighted by Crippen LogP contribution is 2.28. The summed E-state index contributed by atoms with van der Waals surface area (Å²) in [6, 6.07) is 23.0. The fourth-order valence-corrected chi connectivity index (χ4v) is 5.53. The van der Waals surface area contributed by atoms with E-state index in [1.165, 1.54) is 11.6 Å². The third-order valence-corrected chi connectivity index (χ3v) is 7.80. The Morgan fingerprint density at radius 2 is 1.61 bits per heavy atom. The largest absolute Gasteiger partial charge is 0.366 e. The predicted molar refractivity (Wildman–Crippen MR) is 151 cm³/mol. The van der Waals surface area contributed by atoms with Gasteiger partial charge in [0.15, 0.2) is 5.16 Å². The first kappa shape index (κ1) is 26.0. The molecule has 4 aromatic rings. The topological polar surface area (TPSA) is 54.3 Å². The van der Waals surface area contributed by atoms with Gasteiger partial charge in [-0.05, 0) is 48.9 Å². The Balaban J connectivity index is 1.22. The van der Waals surface area contributed by atoms with Crippen molar-refractivity contribution < 1.29 is 9.18 Å². The van der Waals surface area contributed by atoms with E-state index in [1.54, 1.807) is 23.9 Å². The maximum Gasteiger partial charge on any atom is 0.253 e. The molecule has 8 heteroatoms. The summed E-state index contributed by atoms with van der Waals surface area (Å²) in [5.74, 6) is 1.69. The van der Waals surface area contributed by atoms with Crippen molar-refractivity contribution in [1.82, 2.24) is 19.7 Å². The van der Waals surface area contributed by atoms with Crippen LogP contribution in [0.1, 0.15) is 47.1 Å². The SMILES string of the molecule is Cc1ccc(-n2c(SCc3ccc(C(=O)N4CCN(c5ccccc5F)CC4)cc3)nnc2C(C)C)cc1. The van der Waals surface area contributed by atoms with Crippen molar-refractivity contribution in [2.75, 3.05) is 31.1 Å². The van der Waals surface area contributed by atoms with Gasteiger partial charge in [0.05, 0.1) is 5.69 Å². The van der Waals surface area contributed by atoms with Crippen LogP contribution in [-0.2, 0) is 5.75 Å². The second kappa shape index (κ2) is 11.4. The van der Waals surface area contributed by atoms with Crippen LogP contribution in [-0.4, -0.2) is 51.8 Å². The summed E-state index contributed by atoms with van der Waals surface area (Å²) in [7, 11) is 0. The number of thioether (sulfide) groups is 1. The third-order valence-electron chi connectivity index (χ3n) is 6.80. The van der Waals surface area contributed by atoms with E-state index in [1.807, 2.05) is 40.1 Å². The van der Waals surface area contributed by atoms with Gasteiger partial charge in [-0.25, -0.2) is 4.39 Å². The maximum atomic E-state index is 14.1. The first-order valence-electron chi connectivity index (χ1n) is 12.9. The van der Waals surface area contributed by atoms with Crippen molar-refractivity contribution in [3.8, 4) is 5.69 Å². The Morgan fingerprint density at radius 3 is 2.26 bits per heavy atom. The highest BCUT2D eigenvalue weighted by Gasteiger charge is 2.23. The summed E-state index contributed by atoms with van der Waals surface area (Å²) in [5.41, 5.74) is 4.65. The first-order chi connectivity index (χ1) is 18.4. The lowest BCUT2D eigenvalue weighted by Gasteiger charge is -2.36. The molecule has 3 aromatic carbocycles. The van der Waals surface area contributed by atoms with Crippen molar-refractivity contribution in [2.24, 2.45) is 0 Å². The van der Waals surface area contributed by atoms with E-state index in [-0.39, 0.29) is 17.6 Å². The molecule has 0 bridgehead atoms. The summed E-state index contributed by atoms with van der Waals surface area (Å²) in [5, 5.41) is 9.79. The molecule has 5 rings (SSSR count). The van der Waals surface area contributed by atoms with E-state index >= 15 is 0 Å². The average molecular weight is 530 g/mol. The van der Waals surface area contributed by atoms with Crippen LogP contribution < -0.4 is 4.90 Å². The summed E-state index contributed by atoms with van der Waals surface area (Å²) in [4.78, 5) is 16.9. The van der Waals surface area contributed by atoms with Gasteiger partial charge in [0, 0.05) is 49.1 Å². The second-order valence-electron chi connectivity index (χ2n) is 9.88. The number of aryl methyl sites for hydroxylation is 1. The number of hydrogen-bond donors (Lipinski definition) is 0. The molecule has 1 aromatic heterocycles. The summed E-state index contributed by atoms with van der Waals surface area (Å²) in [6.45, 7) is 8.69. The molecule has 0 aliphatic carbocycles. The number of aromatic nitrogens is 3. The fraction of sp³-hybridized carbons (Fsp3) is 0.300. The summed E-state index contributed by atoms with van der Waals surface area (Å²) < 4.78 is 16.3.